The van der Waals surface area contributed by atoms with Crippen molar-refractivity contribution in [3.63, 3.8) is 0 Å². The van der Waals surface area contributed by atoms with Crippen LogP contribution in [-0.2, 0) is 0 Å². The highest BCUT2D eigenvalue weighted by Crippen LogP contribution is 2.36. The highest BCUT2D eigenvalue weighted by atomic mass is 16.5. The molecule has 1 saturated heterocycles. The van der Waals surface area contributed by atoms with E-state index in [9.17, 15) is 0 Å². The maximum atomic E-state index is 6.11. The van der Waals surface area contributed by atoms with Gasteiger partial charge in [0.2, 0.25) is 5.88 Å². The van der Waals surface area contributed by atoms with Crippen molar-refractivity contribution in [2.45, 2.75) is 40.2 Å². The van der Waals surface area contributed by atoms with Gasteiger partial charge in [-0.25, -0.2) is 4.98 Å². The minimum Gasteiger partial charge on any atom is -0.473 e. The van der Waals surface area contributed by atoms with Crippen LogP contribution in [0.5, 0.6) is 5.88 Å². The summed E-state index contributed by atoms with van der Waals surface area (Å²) in [6, 6.07) is 0. The van der Waals surface area contributed by atoms with Crippen LogP contribution < -0.4 is 15.4 Å². The van der Waals surface area contributed by atoms with Gasteiger partial charge in [0.15, 0.2) is 5.82 Å². The lowest BCUT2D eigenvalue weighted by atomic mass is 9.93. The highest BCUT2D eigenvalue weighted by Gasteiger charge is 2.31. The number of anilines is 2. The third-order valence-electron chi connectivity index (χ3n) is 3.15. The topological polar surface area (TPSA) is 64.3 Å². The number of hydrogen-bond acceptors (Lipinski definition) is 5. The largest absolute Gasteiger partial charge is 0.473 e. The first-order valence-electron chi connectivity index (χ1n) is 6.41. The minimum atomic E-state index is 0.0602. The molecule has 0 atom stereocenters. The Balaban J connectivity index is 2.24. The number of hydrogen-bond donors (Lipinski definition) is 1. The molecule has 2 N–H and O–H groups in total. The third-order valence-corrected chi connectivity index (χ3v) is 3.15. The number of nitrogens with two attached hydrogens (primary N) is 1. The molecular weight excluding hydrogens is 228 g/mol. The van der Waals surface area contributed by atoms with Crippen molar-refractivity contribution in [2.75, 3.05) is 23.7 Å². The fourth-order valence-electron chi connectivity index (χ4n) is 2.23. The second-order valence-corrected chi connectivity index (χ2v) is 5.92. The summed E-state index contributed by atoms with van der Waals surface area (Å²) in [5.74, 6) is 1.28. The van der Waals surface area contributed by atoms with Crippen molar-refractivity contribution in [1.82, 2.24) is 9.97 Å². The highest BCUT2D eigenvalue weighted by molar-refractivity contribution is 5.68. The molecule has 0 aromatic carbocycles. The van der Waals surface area contributed by atoms with E-state index in [-0.39, 0.29) is 6.10 Å². The monoisotopic (exact) mass is 250 g/mol. The predicted molar refractivity (Wildman–Crippen MR) is 72.8 cm³/mol. The van der Waals surface area contributed by atoms with Gasteiger partial charge in [-0.2, -0.15) is 4.98 Å². The van der Waals surface area contributed by atoms with Crippen molar-refractivity contribution >= 4 is 11.5 Å². The molecule has 0 radical (unpaired) electrons. The van der Waals surface area contributed by atoms with Gasteiger partial charge >= 0.3 is 0 Å². The number of nitrogens with zero attached hydrogens (tertiary/aromatic N) is 3. The first-order chi connectivity index (χ1) is 8.39. The van der Waals surface area contributed by atoms with Gasteiger partial charge in [0, 0.05) is 13.1 Å². The number of ether oxygens (including phenoxy) is 1. The SMILES string of the molecule is CC(C)Oc1ncnc(N2CCC(C)(C)C2)c1N. The van der Waals surface area contributed by atoms with Crippen LogP contribution in [0.4, 0.5) is 11.5 Å². The molecule has 18 heavy (non-hydrogen) atoms. The zero-order valence-electron chi connectivity index (χ0n) is 11.6. The first-order valence-corrected chi connectivity index (χ1v) is 6.41. The van der Waals surface area contributed by atoms with E-state index in [0.29, 0.717) is 17.0 Å². The fraction of sp³-hybridized carbons (Fsp3) is 0.692. The number of nitrogen functional groups attached to an aromatic ring is 1. The minimum absolute atomic E-state index is 0.0602. The van der Waals surface area contributed by atoms with E-state index in [1.165, 1.54) is 6.33 Å². The summed E-state index contributed by atoms with van der Waals surface area (Å²) in [5, 5.41) is 0. The van der Waals surface area contributed by atoms with Crippen molar-refractivity contribution in [2.24, 2.45) is 5.41 Å². The molecule has 0 aliphatic carbocycles. The Kier molecular flexibility index (Phi) is 3.32. The average molecular weight is 250 g/mol. The van der Waals surface area contributed by atoms with E-state index < -0.39 is 0 Å². The lowest BCUT2D eigenvalue weighted by molar-refractivity contribution is 0.234. The zero-order valence-corrected chi connectivity index (χ0v) is 11.6. The van der Waals surface area contributed by atoms with Crippen LogP contribution in [0.25, 0.3) is 0 Å². The molecule has 5 nitrogen and oxygen atoms in total. The smallest absolute Gasteiger partial charge is 0.242 e. The molecule has 0 bridgehead atoms. The van der Waals surface area contributed by atoms with E-state index in [1.807, 2.05) is 13.8 Å². The van der Waals surface area contributed by atoms with Crippen molar-refractivity contribution in [3.8, 4) is 5.88 Å². The second kappa shape index (κ2) is 4.63. The van der Waals surface area contributed by atoms with E-state index in [2.05, 4.69) is 28.7 Å². The van der Waals surface area contributed by atoms with Gasteiger partial charge in [-0.05, 0) is 25.7 Å². The molecular formula is C13H22N4O. The maximum absolute atomic E-state index is 6.11. The van der Waals surface area contributed by atoms with Crippen LogP contribution in [-0.4, -0.2) is 29.2 Å². The summed E-state index contributed by atoms with van der Waals surface area (Å²) in [6.07, 6.45) is 2.73. The second-order valence-electron chi connectivity index (χ2n) is 5.92. The summed E-state index contributed by atoms with van der Waals surface area (Å²) in [5.41, 5.74) is 6.97. The summed E-state index contributed by atoms with van der Waals surface area (Å²) in [7, 11) is 0. The van der Waals surface area contributed by atoms with Crippen LogP contribution in [0.1, 0.15) is 34.1 Å². The Hall–Kier alpha value is -1.52. The van der Waals surface area contributed by atoms with Gasteiger partial charge in [0.05, 0.1) is 6.10 Å². The van der Waals surface area contributed by atoms with E-state index in [0.717, 1.165) is 25.3 Å². The molecule has 1 aromatic heterocycles. The molecule has 1 aliphatic rings. The van der Waals surface area contributed by atoms with Gasteiger partial charge < -0.3 is 15.4 Å². The standard InChI is InChI=1S/C13H22N4O/c1-9(2)18-12-10(14)11(15-8-16-12)17-6-5-13(3,4)7-17/h8-9H,5-7,14H2,1-4H3. The summed E-state index contributed by atoms with van der Waals surface area (Å²) in [4.78, 5) is 10.6. The van der Waals surface area contributed by atoms with Gasteiger partial charge in [0.25, 0.3) is 0 Å². The summed E-state index contributed by atoms with van der Waals surface area (Å²) < 4.78 is 5.59. The lowest BCUT2D eigenvalue weighted by Gasteiger charge is -2.22. The molecule has 1 aromatic rings. The molecule has 1 fully saturated rings. The van der Waals surface area contributed by atoms with Crippen LogP contribution in [0.15, 0.2) is 6.33 Å². The van der Waals surface area contributed by atoms with E-state index in [4.69, 9.17) is 10.5 Å². The maximum Gasteiger partial charge on any atom is 0.242 e. The Morgan fingerprint density at radius 2 is 2.11 bits per heavy atom. The van der Waals surface area contributed by atoms with Crippen molar-refractivity contribution in [1.29, 1.82) is 0 Å². The molecule has 0 amide bonds. The van der Waals surface area contributed by atoms with E-state index in [1.54, 1.807) is 0 Å². The molecule has 100 valence electrons. The van der Waals surface area contributed by atoms with Gasteiger partial charge in [-0.3, -0.25) is 0 Å². The normalized spacial score (nSPS) is 18.4. The van der Waals surface area contributed by atoms with Gasteiger partial charge in [-0.1, -0.05) is 13.8 Å². The first kappa shape index (κ1) is 12.9. The van der Waals surface area contributed by atoms with E-state index >= 15 is 0 Å². The summed E-state index contributed by atoms with van der Waals surface area (Å²) in [6.45, 7) is 10.4. The van der Waals surface area contributed by atoms with Crippen LogP contribution in [0.3, 0.4) is 0 Å². The van der Waals surface area contributed by atoms with Gasteiger partial charge in [-0.15, -0.1) is 0 Å². The molecule has 0 unspecified atom stereocenters. The quantitative estimate of drug-likeness (QED) is 0.889. The van der Waals surface area contributed by atoms with Crippen molar-refractivity contribution in [3.05, 3.63) is 6.33 Å². The lowest BCUT2D eigenvalue weighted by Crippen LogP contribution is -2.25. The molecule has 1 aliphatic heterocycles. The number of aromatic nitrogens is 2. The van der Waals surface area contributed by atoms with Crippen LogP contribution in [0.2, 0.25) is 0 Å². The number of rotatable bonds is 3. The Morgan fingerprint density at radius 3 is 2.67 bits per heavy atom. The molecule has 0 spiro atoms. The Bertz CT molecular complexity index is 431. The summed E-state index contributed by atoms with van der Waals surface area (Å²) >= 11 is 0. The molecule has 0 saturated carbocycles. The molecule has 5 heteroatoms. The average Bonchev–Trinajstić information content (AvgIpc) is 2.61. The molecule has 2 heterocycles. The molecule has 2 rings (SSSR count). The predicted octanol–water partition coefficient (Wildman–Crippen LogP) is 2.08. The van der Waals surface area contributed by atoms with Crippen LogP contribution >= 0.6 is 0 Å². The zero-order chi connectivity index (χ0) is 13.3. The fourth-order valence-corrected chi connectivity index (χ4v) is 2.23. The Labute approximate surface area is 108 Å². The van der Waals surface area contributed by atoms with Gasteiger partial charge in [0.1, 0.15) is 12.0 Å². The van der Waals surface area contributed by atoms with Crippen LogP contribution in [0, 0.1) is 5.41 Å². The van der Waals surface area contributed by atoms with Crippen molar-refractivity contribution < 1.29 is 4.74 Å². The Morgan fingerprint density at radius 1 is 1.39 bits per heavy atom. The third kappa shape index (κ3) is 2.66.